The summed E-state index contributed by atoms with van der Waals surface area (Å²) in [6.45, 7) is 24.6. The molecule has 0 unspecified atom stereocenters. The number of benzene rings is 3. The summed E-state index contributed by atoms with van der Waals surface area (Å²) in [6, 6.07) is 21.8. The largest absolute Gasteiger partial charge is 2.00 e. The number of rotatable bonds is 8. The first-order valence-electron chi connectivity index (χ1n) is 18.5. The van der Waals surface area contributed by atoms with Crippen LogP contribution in [-0.2, 0) is 36.9 Å². The molecular formula is C44H65N3O3Zn. The van der Waals surface area contributed by atoms with Gasteiger partial charge in [-0.3, -0.25) is 9.69 Å². The van der Waals surface area contributed by atoms with Crippen molar-refractivity contribution in [3.8, 4) is 5.75 Å². The third-order valence-electron chi connectivity index (χ3n) is 9.03. The second kappa shape index (κ2) is 23.0. The van der Waals surface area contributed by atoms with E-state index in [-0.39, 0.29) is 47.6 Å². The molecule has 3 aromatic rings. The van der Waals surface area contributed by atoms with Crippen molar-refractivity contribution in [3.05, 3.63) is 107 Å². The Morgan fingerprint density at radius 3 is 1.59 bits per heavy atom. The molecule has 0 aromatic heterocycles. The topological polar surface area (TPSA) is 72.9 Å². The third-order valence-corrected chi connectivity index (χ3v) is 9.03. The number of hydrogen-bond donors (Lipinski definition) is 0. The summed E-state index contributed by atoms with van der Waals surface area (Å²) in [4.78, 5) is 19.0. The second-order valence-electron chi connectivity index (χ2n) is 15.7. The van der Waals surface area contributed by atoms with Gasteiger partial charge in [0.15, 0.2) is 5.78 Å². The summed E-state index contributed by atoms with van der Waals surface area (Å²) in [6.07, 6.45) is 6.67. The molecule has 4 rings (SSSR count). The fraction of sp³-hybridized carbons (Fsp3) is 0.523. The van der Waals surface area contributed by atoms with Gasteiger partial charge in [-0.2, -0.15) is 0 Å². The van der Waals surface area contributed by atoms with Crippen LogP contribution in [0.3, 0.4) is 0 Å². The summed E-state index contributed by atoms with van der Waals surface area (Å²) < 4.78 is 0. The van der Waals surface area contributed by atoms with Crippen LogP contribution in [0.1, 0.15) is 114 Å². The van der Waals surface area contributed by atoms with Gasteiger partial charge in [0.25, 0.3) is 0 Å². The maximum atomic E-state index is 13.3. The maximum absolute atomic E-state index is 13.3. The van der Waals surface area contributed by atoms with E-state index in [4.69, 9.17) is 0 Å². The Hall–Kier alpha value is -2.83. The standard InChI is InChI=1S/C23H41N3O.C15H12O2.C6H14.Zn/c1-22(2,3)19-15-18(21(27)20(16-19)23(4,5)6)17-26-13-11-24(7)9-10-25(8)12-14-26;16-14(12-7-3-1-4-8-12)11-15(17)13-9-5-2-6-10-13;1-3-5-6-4-2;/h15-16,27H,9-14,17H2,1-8H3;1-11,16H;3-6H2,1-2H3;/q;;;+2/p-2/b;14-11-;;. The van der Waals surface area contributed by atoms with Crippen molar-refractivity contribution in [1.82, 2.24) is 14.7 Å². The monoisotopic (exact) mass is 747 g/mol. The molecule has 1 heterocycles. The molecular weight excluding hydrogens is 684 g/mol. The van der Waals surface area contributed by atoms with Crippen LogP contribution in [0.4, 0.5) is 0 Å². The summed E-state index contributed by atoms with van der Waals surface area (Å²) in [5, 5.41) is 25.0. The first kappa shape index (κ1) is 46.2. The summed E-state index contributed by atoms with van der Waals surface area (Å²) >= 11 is 0. The van der Waals surface area contributed by atoms with Gasteiger partial charge in [0.2, 0.25) is 0 Å². The minimum absolute atomic E-state index is 0. The molecule has 0 spiro atoms. The fourth-order valence-corrected chi connectivity index (χ4v) is 5.49. The van der Waals surface area contributed by atoms with Crippen LogP contribution in [0, 0.1) is 0 Å². The van der Waals surface area contributed by atoms with E-state index in [0.29, 0.717) is 11.1 Å². The molecule has 6 nitrogen and oxygen atoms in total. The Kier molecular flexibility index (Phi) is 20.8. The molecule has 0 bridgehead atoms. The Balaban J connectivity index is 0.000000461. The van der Waals surface area contributed by atoms with Gasteiger partial charge in [0, 0.05) is 51.4 Å². The Morgan fingerprint density at radius 2 is 1.16 bits per heavy atom. The molecule has 0 N–H and O–H groups in total. The van der Waals surface area contributed by atoms with Gasteiger partial charge in [-0.1, -0.05) is 160 Å². The minimum atomic E-state index is -0.264. The fourth-order valence-electron chi connectivity index (χ4n) is 5.49. The summed E-state index contributed by atoms with van der Waals surface area (Å²) in [5.41, 5.74) is 4.12. The average molecular weight is 749 g/mol. The molecule has 1 saturated heterocycles. The van der Waals surface area contributed by atoms with Crippen LogP contribution in [0.5, 0.6) is 5.75 Å². The Bertz CT molecular complexity index is 1430. The third kappa shape index (κ3) is 17.0. The van der Waals surface area contributed by atoms with E-state index in [9.17, 15) is 15.0 Å². The predicted octanol–water partition coefficient (Wildman–Crippen LogP) is 7.89. The van der Waals surface area contributed by atoms with Crippen LogP contribution < -0.4 is 10.2 Å². The molecule has 1 fully saturated rings. The molecule has 1 aliphatic rings. The molecule has 0 saturated carbocycles. The van der Waals surface area contributed by atoms with Gasteiger partial charge in [0.1, 0.15) is 0 Å². The van der Waals surface area contributed by atoms with Crippen LogP contribution in [0.15, 0.2) is 78.9 Å². The van der Waals surface area contributed by atoms with E-state index < -0.39 is 0 Å². The first-order valence-corrected chi connectivity index (χ1v) is 18.5. The van der Waals surface area contributed by atoms with E-state index >= 15 is 0 Å². The number of carbonyl (C=O) groups excluding carboxylic acids is 1. The number of hydrogen-bond acceptors (Lipinski definition) is 6. The Labute approximate surface area is 323 Å². The number of nitrogens with zero attached hydrogens (tertiary/aromatic N) is 3. The van der Waals surface area contributed by atoms with Crippen molar-refractivity contribution in [3.63, 3.8) is 0 Å². The zero-order valence-corrected chi connectivity index (χ0v) is 36.5. The normalized spacial score (nSPS) is 15.1. The van der Waals surface area contributed by atoms with E-state index in [2.05, 4.69) is 96.3 Å². The zero-order valence-electron chi connectivity index (χ0n) is 33.6. The van der Waals surface area contributed by atoms with E-state index in [1.165, 1.54) is 31.2 Å². The average Bonchev–Trinajstić information content (AvgIpc) is 3.15. The van der Waals surface area contributed by atoms with Crippen molar-refractivity contribution in [2.75, 3.05) is 53.4 Å². The van der Waals surface area contributed by atoms with Crippen LogP contribution in [-0.4, -0.2) is 73.8 Å². The van der Waals surface area contributed by atoms with Crippen molar-refractivity contribution < 1.29 is 34.5 Å². The van der Waals surface area contributed by atoms with Gasteiger partial charge in [-0.05, 0) is 53.3 Å². The number of carbonyl (C=O) groups is 1. The molecule has 0 aliphatic carbocycles. The van der Waals surface area contributed by atoms with E-state index in [1.807, 2.05) is 12.1 Å². The van der Waals surface area contributed by atoms with Gasteiger partial charge >= 0.3 is 19.5 Å². The molecule has 7 heteroatoms. The summed E-state index contributed by atoms with van der Waals surface area (Å²) in [5.74, 6) is -0.295. The number of allylic oxidation sites excluding steroid dienone is 1. The quantitative estimate of drug-likeness (QED) is 0.0768. The van der Waals surface area contributed by atoms with Crippen molar-refractivity contribution in [2.45, 2.75) is 98.4 Å². The minimum Gasteiger partial charge on any atom is -0.872 e. The van der Waals surface area contributed by atoms with Crippen molar-refractivity contribution in [1.29, 1.82) is 0 Å². The van der Waals surface area contributed by atoms with Crippen LogP contribution >= 0.6 is 0 Å². The maximum Gasteiger partial charge on any atom is 2.00 e. The van der Waals surface area contributed by atoms with Gasteiger partial charge < -0.3 is 20.0 Å². The second-order valence-corrected chi connectivity index (χ2v) is 15.7. The van der Waals surface area contributed by atoms with Gasteiger partial charge in [-0.15, -0.1) is 5.75 Å². The predicted molar refractivity (Wildman–Crippen MR) is 209 cm³/mol. The van der Waals surface area contributed by atoms with Crippen molar-refractivity contribution >= 4 is 11.5 Å². The van der Waals surface area contributed by atoms with Crippen molar-refractivity contribution in [2.24, 2.45) is 0 Å². The number of unbranched alkanes of at least 4 members (excludes halogenated alkanes) is 3. The van der Waals surface area contributed by atoms with Gasteiger partial charge in [0.05, 0.1) is 0 Å². The zero-order chi connectivity index (χ0) is 37.3. The molecule has 0 atom stereocenters. The summed E-state index contributed by atoms with van der Waals surface area (Å²) in [7, 11) is 4.38. The van der Waals surface area contributed by atoms with Crippen LogP contribution in [0.2, 0.25) is 0 Å². The smallest absolute Gasteiger partial charge is 0.872 e. The number of likely N-dealkylation sites (N-methyl/N-ethyl adjacent to an activating group) is 2. The Morgan fingerprint density at radius 1 is 0.706 bits per heavy atom. The van der Waals surface area contributed by atoms with Gasteiger partial charge in [-0.25, -0.2) is 0 Å². The molecule has 0 radical (unpaired) electrons. The SMILES string of the molecule is CCCCCC.CN1CCN(C)CCN(Cc2cc(C(C)(C)C)cc(C(C)(C)C)c2[O-])CC1.O=C(/C=C(\[O-])c1ccccc1)c1ccccc1.[Zn+2]. The van der Waals surface area contributed by atoms with Crippen LogP contribution in [0.25, 0.3) is 5.76 Å². The molecule has 276 valence electrons. The molecule has 0 amide bonds. The first-order chi connectivity index (χ1) is 23.6. The molecule has 3 aromatic carbocycles. The van der Waals surface area contributed by atoms with E-state index in [0.717, 1.165) is 63.0 Å². The van der Waals surface area contributed by atoms with E-state index in [1.54, 1.807) is 48.5 Å². The molecule has 51 heavy (non-hydrogen) atoms. The molecule has 1 aliphatic heterocycles. The number of ketones is 1.